The first-order valence-corrected chi connectivity index (χ1v) is 12.7. The highest BCUT2D eigenvalue weighted by atomic mass is 35.5. The van der Waals surface area contributed by atoms with Crippen LogP contribution >= 0.6 is 34.8 Å². The third kappa shape index (κ3) is 4.45. The molecule has 0 aromatic heterocycles. The molecule has 7 atom stereocenters. The first kappa shape index (κ1) is 24.6. The van der Waals surface area contributed by atoms with E-state index in [0.717, 1.165) is 0 Å². The molecule has 3 unspecified atom stereocenters. The summed E-state index contributed by atoms with van der Waals surface area (Å²) in [5.41, 5.74) is 1.87. The fourth-order valence-electron chi connectivity index (χ4n) is 4.67. The molecule has 9 heteroatoms. The van der Waals surface area contributed by atoms with Crippen molar-refractivity contribution in [3.8, 4) is 0 Å². The van der Waals surface area contributed by atoms with E-state index in [4.69, 9.17) is 63.2 Å². The zero-order valence-corrected chi connectivity index (χ0v) is 21.2. The quantitative estimate of drug-likeness (QED) is 0.388. The van der Waals surface area contributed by atoms with Crippen molar-refractivity contribution in [3.63, 3.8) is 0 Å². The Bertz CT molecular complexity index is 1110. The summed E-state index contributed by atoms with van der Waals surface area (Å²) < 4.78 is 37.8. The zero-order chi connectivity index (χ0) is 24.8. The maximum absolute atomic E-state index is 6.95. The number of ether oxygens (including phenoxy) is 6. The molecule has 3 fully saturated rings. The molecule has 0 N–H and O–H groups in total. The summed E-state index contributed by atoms with van der Waals surface area (Å²) in [6, 6.07) is 27.7. The molecule has 3 aliphatic heterocycles. The molecule has 6 rings (SSSR count). The van der Waals surface area contributed by atoms with Crippen LogP contribution in [0.4, 0.5) is 0 Å². The van der Waals surface area contributed by atoms with Crippen molar-refractivity contribution in [2.45, 2.75) is 40.2 Å². The van der Waals surface area contributed by atoms with E-state index in [1.54, 1.807) is 0 Å². The average molecular weight is 550 g/mol. The van der Waals surface area contributed by atoms with Gasteiger partial charge >= 0.3 is 0 Å². The molecule has 3 aromatic carbocycles. The van der Waals surface area contributed by atoms with Gasteiger partial charge in [0, 0.05) is 16.7 Å². The minimum Gasteiger partial charge on any atom is -0.331 e. The van der Waals surface area contributed by atoms with Gasteiger partial charge < -0.3 is 28.4 Å². The van der Waals surface area contributed by atoms with Gasteiger partial charge in [-0.15, -0.1) is 0 Å². The predicted octanol–water partition coefficient (Wildman–Crippen LogP) is 5.75. The second-order valence-electron chi connectivity index (χ2n) is 8.81. The Labute approximate surface area is 223 Å². The summed E-state index contributed by atoms with van der Waals surface area (Å²) in [6.07, 6.45) is -2.94. The van der Waals surface area contributed by atoms with E-state index in [1.165, 1.54) is 0 Å². The molecule has 0 amide bonds. The summed E-state index contributed by atoms with van der Waals surface area (Å²) in [5, 5.41) is -4.80. The van der Waals surface area contributed by atoms with Crippen LogP contribution in [0.25, 0.3) is 0 Å². The van der Waals surface area contributed by atoms with Crippen LogP contribution in [0.15, 0.2) is 91.0 Å². The highest BCUT2D eigenvalue weighted by Crippen LogP contribution is 2.50. The van der Waals surface area contributed by atoms with Crippen molar-refractivity contribution in [1.82, 2.24) is 0 Å². The van der Waals surface area contributed by atoms with Crippen LogP contribution in [-0.2, 0) is 44.2 Å². The van der Waals surface area contributed by atoms with Crippen molar-refractivity contribution in [2.24, 2.45) is 0 Å². The Morgan fingerprint density at radius 1 is 0.472 bits per heavy atom. The fourth-order valence-corrected chi connectivity index (χ4v) is 5.60. The van der Waals surface area contributed by atoms with E-state index in [1.807, 2.05) is 91.0 Å². The molecular weight excluding hydrogens is 527 g/mol. The van der Waals surface area contributed by atoms with Crippen molar-refractivity contribution in [3.05, 3.63) is 108 Å². The van der Waals surface area contributed by atoms with Gasteiger partial charge in [-0.25, -0.2) is 0 Å². The molecule has 2 bridgehead atoms. The molecule has 188 valence electrons. The van der Waals surface area contributed by atoms with Gasteiger partial charge in [0.2, 0.25) is 0 Å². The molecule has 0 radical (unpaired) electrons. The summed E-state index contributed by atoms with van der Waals surface area (Å²) in [6.45, 7) is -0.0792. The molecule has 36 heavy (non-hydrogen) atoms. The predicted molar refractivity (Wildman–Crippen MR) is 133 cm³/mol. The lowest BCUT2D eigenvalue weighted by molar-refractivity contribution is -0.331. The Balaban J connectivity index is 1.41. The molecule has 0 saturated carbocycles. The molecule has 3 saturated heterocycles. The highest BCUT2D eigenvalue weighted by molar-refractivity contribution is 6.22. The van der Waals surface area contributed by atoms with Crippen LogP contribution < -0.4 is 0 Å². The third-order valence-electron chi connectivity index (χ3n) is 6.46. The topological polar surface area (TPSA) is 55.4 Å². The van der Waals surface area contributed by atoms with Crippen LogP contribution in [0.3, 0.4) is 0 Å². The van der Waals surface area contributed by atoms with Crippen molar-refractivity contribution in [1.29, 1.82) is 0 Å². The van der Waals surface area contributed by atoms with E-state index < -0.39 is 40.2 Å². The molecule has 0 aliphatic carbocycles. The van der Waals surface area contributed by atoms with Crippen LogP contribution in [0.5, 0.6) is 0 Å². The summed E-state index contributed by atoms with van der Waals surface area (Å²) in [7, 11) is 0. The first-order chi connectivity index (χ1) is 17.4. The minimum absolute atomic E-state index is 0.0396. The lowest BCUT2D eigenvalue weighted by Crippen LogP contribution is -2.57. The highest BCUT2D eigenvalue weighted by Gasteiger charge is 2.60. The van der Waals surface area contributed by atoms with Crippen molar-refractivity contribution >= 4 is 34.8 Å². The van der Waals surface area contributed by atoms with Crippen molar-refractivity contribution in [2.75, 3.05) is 13.2 Å². The monoisotopic (exact) mass is 548 g/mol. The zero-order valence-electron chi connectivity index (χ0n) is 19.0. The summed E-state index contributed by atoms with van der Waals surface area (Å²) >= 11 is 20.8. The number of hydrogen-bond donors (Lipinski definition) is 0. The molecule has 3 heterocycles. The standard InChI is InChI=1S/C27H23Cl3O6/c28-25(18-10-4-1-5-11-18)31-16-22-24-23(35-27(30,36-24)20-14-8-3-9-15-20)21(33-25)17-32-26(29,34-22)19-12-6-2-7-13-19/h1-15,21-24H,16-17H2/t21-,22+,23-,24-,25?,26?,27?/m0/s1. The molecular formula is C27H23Cl3O6. The Hall–Kier alpha value is -1.71. The van der Waals surface area contributed by atoms with E-state index in [0.29, 0.717) is 16.7 Å². The lowest BCUT2D eigenvalue weighted by Gasteiger charge is -2.45. The smallest absolute Gasteiger partial charge is 0.277 e. The van der Waals surface area contributed by atoms with Crippen LogP contribution in [-0.4, -0.2) is 37.6 Å². The number of alkyl halides is 3. The van der Waals surface area contributed by atoms with E-state index in [2.05, 4.69) is 0 Å². The minimum atomic E-state index is -1.62. The lowest BCUT2D eigenvalue weighted by atomic mass is 10.0. The number of rotatable bonds is 3. The Morgan fingerprint density at radius 2 is 0.806 bits per heavy atom. The van der Waals surface area contributed by atoms with Crippen LogP contribution in [0, 0.1) is 0 Å². The van der Waals surface area contributed by atoms with Crippen LogP contribution in [0.2, 0.25) is 0 Å². The summed E-state index contributed by atoms with van der Waals surface area (Å²) in [4.78, 5) is 0. The van der Waals surface area contributed by atoms with Gasteiger partial charge in [-0.2, -0.15) is 0 Å². The second kappa shape index (κ2) is 9.55. The fraction of sp³-hybridized carbons (Fsp3) is 0.333. The second-order valence-corrected chi connectivity index (χ2v) is 10.3. The maximum Gasteiger partial charge on any atom is 0.277 e. The van der Waals surface area contributed by atoms with Gasteiger partial charge in [-0.05, 0) is 0 Å². The van der Waals surface area contributed by atoms with Gasteiger partial charge in [0.05, 0.1) is 13.2 Å². The average Bonchev–Trinajstić information content (AvgIpc) is 3.27. The molecule has 3 aliphatic rings. The normalized spacial score (nSPS) is 38.4. The van der Waals surface area contributed by atoms with E-state index in [-0.39, 0.29) is 13.2 Å². The maximum atomic E-state index is 6.95. The van der Waals surface area contributed by atoms with Gasteiger partial charge in [-0.1, -0.05) is 126 Å². The SMILES string of the molecule is ClC1(c2ccccc2)O[C@@H]2[C@@H](O1)[C@H]1COC(Cl)(c3ccccc3)O[C@H]2COC(Cl)(c2ccccc2)O1. The first-order valence-electron chi connectivity index (χ1n) is 11.6. The summed E-state index contributed by atoms with van der Waals surface area (Å²) in [5.74, 6) is 0. The largest absolute Gasteiger partial charge is 0.331 e. The molecule has 3 aromatic rings. The number of hydrogen-bond acceptors (Lipinski definition) is 6. The number of halogens is 3. The van der Waals surface area contributed by atoms with E-state index >= 15 is 0 Å². The van der Waals surface area contributed by atoms with Crippen molar-refractivity contribution < 1.29 is 28.4 Å². The molecule has 6 nitrogen and oxygen atoms in total. The van der Waals surface area contributed by atoms with Gasteiger partial charge in [-0.3, -0.25) is 0 Å². The third-order valence-corrected chi connectivity index (χ3v) is 7.69. The van der Waals surface area contributed by atoms with Gasteiger partial charge in [0.25, 0.3) is 15.7 Å². The number of benzene rings is 3. The van der Waals surface area contributed by atoms with E-state index in [9.17, 15) is 0 Å². The Morgan fingerprint density at radius 3 is 1.17 bits per heavy atom. The molecule has 0 spiro atoms. The van der Waals surface area contributed by atoms with Gasteiger partial charge in [0.15, 0.2) is 0 Å². The van der Waals surface area contributed by atoms with Gasteiger partial charge in [0.1, 0.15) is 24.4 Å². The Kier molecular flexibility index (Phi) is 6.53. The van der Waals surface area contributed by atoms with Crippen LogP contribution in [0.1, 0.15) is 16.7 Å².